The molecule has 0 saturated carbocycles. The standard InChI is InChI=1S/C24H21FN2O/c25-21-9-3-2-8-20(21)18-13-11-17(12-14-18)6-5-15-26-24(28)23-16-19-7-1-4-10-22(19)27-23/h1-4,7-14H,5-6,15-16H2,(H,26,28). The number of carbonyl (C=O) groups excluding carboxylic acids is 1. The van der Waals surface area contributed by atoms with Crippen molar-refractivity contribution in [2.45, 2.75) is 19.3 Å². The molecule has 0 atom stereocenters. The van der Waals surface area contributed by atoms with Crippen molar-refractivity contribution in [3.05, 3.63) is 89.7 Å². The number of fused-ring (bicyclic) bond motifs is 1. The molecule has 0 bridgehead atoms. The number of rotatable bonds is 6. The Labute approximate surface area is 164 Å². The van der Waals surface area contributed by atoms with Crippen LogP contribution in [0.4, 0.5) is 10.1 Å². The third kappa shape index (κ3) is 4.01. The molecule has 0 fully saturated rings. The van der Waals surface area contributed by atoms with Gasteiger partial charge in [0, 0.05) is 18.5 Å². The summed E-state index contributed by atoms with van der Waals surface area (Å²) >= 11 is 0. The van der Waals surface area contributed by atoms with E-state index in [0.717, 1.165) is 29.7 Å². The lowest BCUT2D eigenvalue weighted by atomic mass is 10.0. The van der Waals surface area contributed by atoms with Gasteiger partial charge in [-0.3, -0.25) is 4.79 Å². The van der Waals surface area contributed by atoms with Gasteiger partial charge < -0.3 is 5.32 Å². The second-order valence-electron chi connectivity index (χ2n) is 6.90. The van der Waals surface area contributed by atoms with E-state index in [9.17, 15) is 9.18 Å². The van der Waals surface area contributed by atoms with Gasteiger partial charge in [0.05, 0.1) is 5.69 Å². The van der Waals surface area contributed by atoms with Gasteiger partial charge in [-0.1, -0.05) is 60.7 Å². The molecule has 1 aliphatic rings. The number of hydrogen-bond donors (Lipinski definition) is 1. The Hall–Kier alpha value is -3.27. The molecular formula is C24H21FN2O. The molecule has 4 heteroatoms. The number of benzene rings is 3. The number of carbonyl (C=O) groups is 1. The summed E-state index contributed by atoms with van der Waals surface area (Å²) in [4.78, 5) is 16.7. The van der Waals surface area contributed by atoms with Gasteiger partial charge in [-0.05, 0) is 41.7 Å². The summed E-state index contributed by atoms with van der Waals surface area (Å²) in [5.74, 6) is -0.305. The predicted octanol–water partition coefficient (Wildman–Crippen LogP) is 4.87. The van der Waals surface area contributed by atoms with Crippen LogP contribution in [0.1, 0.15) is 17.5 Å². The van der Waals surface area contributed by atoms with Crippen molar-refractivity contribution in [1.29, 1.82) is 0 Å². The molecule has 0 spiro atoms. The summed E-state index contributed by atoms with van der Waals surface area (Å²) in [7, 11) is 0. The molecule has 0 aromatic heterocycles. The first kappa shape index (κ1) is 18.1. The van der Waals surface area contributed by atoms with Crippen molar-refractivity contribution in [2.75, 3.05) is 6.54 Å². The maximum atomic E-state index is 13.9. The molecule has 0 radical (unpaired) electrons. The molecule has 4 rings (SSSR count). The van der Waals surface area contributed by atoms with Crippen molar-refractivity contribution in [3.8, 4) is 11.1 Å². The SMILES string of the molecule is O=C(NCCCc1ccc(-c2ccccc2F)cc1)C1=Nc2ccccc2C1. The number of aryl methyl sites for hydroxylation is 1. The molecule has 3 aromatic rings. The van der Waals surface area contributed by atoms with Gasteiger partial charge in [-0.15, -0.1) is 0 Å². The second-order valence-corrected chi connectivity index (χ2v) is 6.90. The van der Waals surface area contributed by atoms with Crippen molar-refractivity contribution >= 4 is 17.3 Å². The molecule has 140 valence electrons. The first-order valence-electron chi connectivity index (χ1n) is 9.48. The van der Waals surface area contributed by atoms with Crippen LogP contribution in [-0.2, 0) is 17.6 Å². The number of hydrogen-bond acceptors (Lipinski definition) is 2. The quantitative estimate of drug-likeness (QED) is 0.616. The highest BCUT2D eigenvalue weighted by Gasteiger charge is 2.19. The monoisotopic (exact) mass is 372 g/mol. The number of para-hydroxylation sites is 1. The van der Waals surface area contributed by atoms with Gasteiger partial charge in [-0.2, -0.15) is 0 Å². The molecule has 0 unspecified atom stereocenters. The Bertz CT molecular complexity index is 1020. The van der Waals surface area contributed by atoms with E-state index < -0.39 is 0 Å². The zero-order valence-corrected chi connectivity index (χ0v) is 15.5. The van der Waals surface area contributed by atoms with Crippen molar-refractivity contribution in [1.82, 2.24) is 5.32 Å². The van der Waals surface area contributed by atoms with Gasteiger partial charge in [0.2, 0.25) is 0 Å². The summed E-state index contributed by atoms with van der Waals surface area (Å²) < 4.78 is 13.9. The van der Waals surface area contributed by atoms with E-state index in [0.29, 0.717) is 24.2 Å². The third-order valence-corrected chi connectivity index (χ3v) is 4.93. The van der Waals surface area contributed by atoms with Crippen LogP contribution in [0, 0.1) is 5.82 Å². The first-order chi connectivity index (χ1) is 13.7. The highest BCUT2D eigenvalue weighted by Crippen LogP contribution is 2.26. The maximum absolute atomic E-state index is 13.9. The normalized spacial score (nSPS) is 12.4. The van der Waals surface area contributed by atoms with Crippen LogP contribution in [0.5, 0.6) is 0 Å². The fraction of sp³-hybridized carbons (Fsp3) is 0.167. The van der Waals surface area contributed by atoms with E-state index >= 15 is 0 Å². The molecule has 1 N–H and O–H groups in total. The number of amides is 1. The average molecular weight is 372 g/mol. The Kier molecular flexibility index (Phi) is 5.29. The van der Waals surface area contributed by atoms with E-state index in [4.69, 9.17) is 0 Å². The summed E-state index contributed by atoms with van der Waals surface area (Å²) in [6.07, 6.45) is 2.29. The number of nitrogens with zero attached hydrogens (tertiary/aromatic N) is 1. The summed E-state index contributed by atoms with van der Waals surface area (Å²) in [6.45, 7) is 0.600. The number of nitrogens with one attached hydrogen (secondary N) is 1. The van der Waals surface area contributed by atoms with Crippen molar-refractivity contribution in [2.24, 2.45) is 4.99 Å². The highest BCUT2D eigenvalue weighted by molar-refractivity contribution is 6.40. The highest BCUT2D eigenvalue weighted by atomic mass is 19.1. The van der Waals surface area contributed by atoms with Crippen molar-refractivity contribution in [3.63, 3.8) is 0 Å². The lowest BCUT2D eigenvalue weighted by molar-refractivity contribution is -0.114. The van der Waals surface area contributed by atoms with Gasteiger partial charge in [0.1, 0.15) is 11.5 Å². The van der Waals surface area contributed by atoms with Gasteiger partial charge in [0.15, 0.2) is 0 Å². The first-order valence-corrected chi connectivity index (χ1v) is 9.48. The Balaban J connectivity index is 1.26. The largest absolute Gasteiger partial charge is 0.351 e. The van der Waals surface area contributed by atoms with Crippen LogP contribution in [0.15, 0.2) is 77.8 Å². The van der Waals surface area contributed by atoms with Crippen LogP contribution in [0.3, 0.4) is 0 Å². The van der Waals surface area contributed by atoms with E-state index in [1.54, 1.807) is 12.1 Å². The summed E-state index contributed by atoms with van der Waals surface area (Å²) in [5.41, 5.74) is 5.22. The van der Waals surface area contributed by atoms with Crippen LogP contribution >= 0.6 is 0 Å². The minimum atomic E-state index is -0.213. The second kappa shape index (κ2) is 8.17. The topological polar surface area (TPSA) is 41.5 Å². The maximum Gasteiger partial charge on any atom is 0.266 e. The zero-order chi connectivity index (χ0) is 19.3. The molecule has 0 saturated heterocycles. The average Bonchev–Trinajstić information content (AvgIpc) is 3.16. The predicted molar refractivity (Wildman–Crippen MR) is 110 cm³/mol. The van der Waals surface area contributed by atoms with Gasteiger partial charge in [0.25, 0.3) is 5.91 Å². The van der Waals surface area contributed by atoms with Crippen LogP contribution < -0.4 is 5.32 Å². The fourth-order valence-corrected chi connectivity index (χ4v) is 3.41. The number of aliphatic imine (C=N–C) groups is 1. The minimum Gasteiger partial charge on any atom is -0.351 e. The summed E-state index contributed by atoms with van der Waals surface area (Å²) in [5, 5.41) is 2.96. The molecule has 1 aliphatic heterocycles. The van der Waals surface area contributed by atoms with Gasteiger partial charge in [-0.25, -0.2) is 9.38 Å². The molecule has 1 amide bonds. The van der Waals surface area contributed by atoms with Crippen LogP contribution in [0.25, 0.3) is 11.1 Å². The number of halogens is 1. The van der Waals surface area contributed by atoms with E-state index in [-0.39, 0.29) is 11.7 Å². The van der Waals surface area contributed by atoms with Crippen LogP contribution in [-0.4, -0.2) is 18.2 Å². The fourth-order valence-electron chi connectivity index (χ4n) is 3.41. The molecular weight excluding hydrogens is 351 g/mol. The Morgan fingerprint density at radius 1 is 0.964 bits per heavy atom. The van der Waals surface area contributed by atoms with E-state index in [2.05, 4.69) is 10.3 Å². The van der Waals surface area contributed by atoms with Crippen molar-refractivity contribution < 1.29 is 9.18 Å². The lowest BCUT2D eigenvalue weighted by Gasteiger charge is -2.07. The Morgan fingerprint density at radius 2 is 1.71 bits per heavy atom. The molecule has 1 heterocycles. The molecule has 0 aliphatic carbocycles. The van der Waals surface area contributed by atoms with Crippen LogP contribution in [0.2, 0.25) is 0 Å². The van der Waals surface area contributed by atoms with E-state index in [1.165, 1.54) is 11.6 Å². The molecule has 28 heavy (non-hydrogen) atoms. The smallest absolute Gasteiger partial charge is 0.266 e. The van der Waals surface area contributed by atoms with E-state index in [1.807, 2.05) is 54.6 Å². The van der Waals surface area contributed by atoms with Gasteiger partial charge >= 0.3 is 0 Å². The summed E-state index contributed by atoms with van der Waals surface area (Å²) in [6, 6.07) is 22.5. The Morgan fingerprint density at radius 3 is 2.50 bits per heavy atom. The molecule has 3 aromatic carbocycles. The lowest BCUT2D eigenvalue weighted by Crippen LogP contribution is -2.32. The molecule has 3 nitrogen and oxygen atoms in total. The third-order valence-electron chi connectivity index (χ3n) is 4.93. The minimum absolute atomic E-state index is 0.0916. The zero-order valence-electron chi connectivity index (χ0n) is 15.5.